The van der Waals surface area contributed by atoms with Gasteiger partial charge in [-0.15, -0.1) is 0 Å². The lowest BCUT2D eigenvalue weighted by atomic mass is 10.0. The molecule has 0 radical (unpaired) electrons. The average Bonchev–Trinajstić information content (AvgIpc) is 3.21. The van der Waals surface area contributed by atoms with Crippen molar-refractivity contribution < 1.29 is 19.0 Å². The fraction of sp³-hybridized carbons (Fsp3) is 0.962. The SMILES string of the molecule is CCCCCCCCCCCCCCCCO[C@H]1CC[C@@H](COC(=O)CCN(C)C)O1. The second-order valence-electron chi connectivity index (χ2n) is 9.47. The number of hydrogen-bond acceptors (Lipinski definition) is 5. The maximum absolute atomic E-state index is 11.7. The Morgan fingerprint density at radius 3 is 1.94 bits per heavy atom. The number of nitrogens with zero attached hydrogens (tertiary/aromatic N) is 1. The zero-order valence-corrected chi connectivity index (χ0v) is 20.9. The Labute approximate surface area is 192 Å². The van der Waals surface area contributed by atoms with Crippen molar-refractivity contribution in [2.75, 3.05) is 33.9 Å². The molecule has 1 heterocycles. The molecule has 1 saturated heterocycles. The zero-order chi connectivity index (χ0) is 22.6. The van der Waals surface area contributed by atoms with Gasteiger partial charge in [-0.25, -0.2) is 0 Å². The van der Waals surface area contributed by atoms with Crippen LogP contribution in [0.2, 0.25) is 0 Å². The fourth-order valence-corrected chi connectivity index (χ4v) is 4.00. The summed E-state index contributed by atoms with van der Waals surface area (Å²) in [6.45, 7) is 4.13. The predicted molar refractivity (Wildman–Crippen MR) is 128 cm³/mol. The van der Waals surface area contributed by atoms with Gasteiger partial charge in [-0.1, -0.05) is 90.4 Å². The second kappa shape index (κ2) is 20.0. The molecule has 5 heteroatoms. The number of ether oxygens (including phenoxy) is 3. The van der Waals surface area contributed by atoms with Gasteiger partial charge in [0.05, 0.1) is 12.5 Å². The van der Waals surface area contributed by atoms with Crippen molar-refractivity contribution in [3.63, 3.8) is 0 Å². The lowest BCUT2D eigenvalue weighted by Gasteiger charge is -2.15. The van der Waals surface area contributed by atoms with Crippen LogP contribution in [0.3, 0.4) is 0 Å². The van der Waals surface area contributed by atoms with Gasteiger partial charge in [0, 0.05) is 19.6 Å². The van der Waals surface area contributed by atoms with Gasteiger partial charge in [0.2, 0.25) is 0 Å². The smallest absolute Gasteiger partial charge is 0.307 e. The largest absolute Gasteiger partial charge is 0.463 e. The van der Waals surface area contributed by atoms with Crippen LogP contribution in [0, 0.1) is 0 Å². The molecule has 0 bridgehead atoms. The van der Waals surface area contributed by atoms with Gasteiger partial charge in [-0.05, 0) is 26.9 Å². The molecule has 184 valence electrons. The summed E-state index contributed by atoms with van der Waals surface area (Å²) in [5.41, 5.74) is 0. The van der Waals surface area contributed by atoms with Crippen molar-refractivity contribution in [3.8, 4) is 0 Å². The first-order valence-corrected chi connectivity index (χ1v) is 13.2. The highest BCUT2D eigenvalue weighted by Gasteiger charge is 2.26. The number of unbranched alkanes of at least 4 members (excludes halogenated alkanes) is 13. The minimum absolute atomic E-state index is 0.00959. The third-order valence-electron chi connectivity index (χ3n) is 6.06. The van der Waals surface area contributed by atoms with Gasteiger partial charge in [-0.2, -0.15) is 0 Å². The van der Waals surface area contributed by atoms with E-state index in [2.05, 4.69) is 6.92 Å². The van der Waals surface area contributed by atoms with Crippen LogP contribution >= 0.6 is 0 Å². The van der Waals surface area contributed by atoms with Crippen LogP contribution in [-0.4, -0.2) is 57.1 Å². The van der Waals surface area contributed by atoms with Gasteiger partial charge in [0.1, 0.15) is 6.61 Å². The molecule has 0 unspecified atom stereocenters. The highest BCUT2D eigenvalue weighted by atomic mass is 16.7. The van der Waals surface area contributed by atoms with Crippen LogP contribution in [-0.2, 0) is 19.0 Å². The third-order valence-corrected chi connectivity index (χ3v) is 6.06. The summed E-state index contributed by atoms with van der Waals surface area (Å²) >= 11 is 0. The molecular formula is C26H51NO4. The Hall–Kier alpha value is -0.650. The molecule has 0 amide bonds. The summed E-state index contributed by atoms with van der Waals surface area (Å²) in [7, 11) is 3.90. The van der Waals surface area contributed by atoms with Crippen LogP contribution < -0.4 is 0 Å². The Morgan fingerprint density at radius 2 is 1.39 bits per heavy atom. The highest BCUT2D eigenvalue weighted by molar-refractivity contribution is 5.69. The summed E-state index contributed by atoms with van der Waals surface area (Å²) in [6.07, 6.45) is 21.3. The lowest BCUT2D eigenvalue weighted by Crippen LogP contribution is -2.23. The number of rotatable bonds is 21. The lowest BCUT2D eigenvalue weighted by molar-refractivity contribution is -0.160. The van der Waals surface area contributed by atoms with E-state index < -0.39 is 0 Å². The maximum Gasteiger partial charge on any atom is 0.307 e. The first-order chi connectivity index (χ1) is 15.1. The zero-order valence-electron chi connectivity index (χ0n) is 20.9. The molecule has 1 fully saturated rings. The first-order valence-electron chi connectivity index (χ1n) is 13.2. The Bertz CT molecular complexity index is 416. The van der Waals surface area contributed by atoms with Crippen molar-refractivity contribution in [1.29, 1.82) is 0 Å². The van der Waals surface area contributed by atoms with E-state index in [1.807, 2.05) is 19.0 Å². The van der Waals surface area contributed by atoms with Crippen molar-refractivity contribution in [2.45, 2.75) is 128 Å². The Balaban J connectivity index is 1.81. The van der Waals surface area contributed by atoms with Crippen LogP contribution in [0.1, 0.15) is 116 Å². The van der Waals surface area contributed by atoms with Crippen molar-refractivity contribution in [2.24, 2.45) is 0 Å². The minimum atomic E-state index is -0.149. The van der Waals surface area contributed by atoms with E-state index in [0.717, 1.165) is 32.4 Å². The van der Waals surface area contributed by atoms with E-state index >= 15 is 0 Å². The summed E-state index contributed by atoms with van der Waals surface area (Å²) in [5, 5.41) is 0. The van der Waals surface area contributed by atoms with Gasteiger partial charge in [-0.3, -0.25) is 4.79 Å². The van der Waals surface area contributed by atoms with Crippen LogP contribution in [0.25, 0.3) is 0 Å². The molecule has 0 saturated carbocycles. The standard InChI is InChI=1S/C26H51NO4/c1-4-5-6-7-8-9-10-11-12-13-14-15-16-17-22-29-26-19-18-24(31-26)23-30-25(28)20-21-27(2)3/h24,26H,4-23H2,1-3H3/t24-,26+/m0/s1. The molecule has 1 aliphatic rings. The van der Waals surface area contributed by atoms with Gasteiger partial charge in [0.15, 0.2) is 6.29 Å². The normalized spacial score (nSPS) is 18.7. The van der Waals surface area contributed by atoms with Crippen molar-refractivity contribution >= 4 is 5.97 Å². The molecule has 0 aromatic carbocycles. The molecule has 1 aliphatic heterocycles. The highest BCUT2D eigenvalue weighted by Crippen LogP contribution is 2.21. The molecular weight excluding hydrogens is 390 g/mol. The predicted octanol–water partition coefficient (Wildman–Crippen LogP) is 6.48. The number of hydrogen-bond donors (Lipinski definition) is 0. The van der Waals surface area contributed by atoms with E-state index in [1.165, 1.54) is 83.5 Å². The molecule has 0 aliphatic carbocycles. The molecule has 2 atom stereocenters. The molecule has 0 aromatic heterocycles. The van der Waals surface area contributed by atoms with E-state index in [4.69, 9.17) is 14.2 Å². The topological polar surface area (TPSA) is 48.0 Å². The van der Waals surface area contributed by atoms with Crippen LogP contribution in [0.5, 0.6) is 0 Å². The van der Waals surface area contributed by atoms with E-state index in [0.29, 0.717) is 13.0 Å². The average molecular weight is 442 g/mol. The maximum atomic E-state index is 11.7. The van der Waals surface area contributed by atoms with Crippen molar-refractivity contribution in [3.05, 3.63) is 0 Å². The van der Waals surface area contributed by atoms with Crippen LogP contribution in [0.15, 0.2) is 0 Å². The third kappa shape index (κ3) is 17.6. The molecule has 0 spiro atoms. The van der Waals surface area contributed by atoms with Gasteiger partial charge < -0.3 is 19.1 Å². The first kappa shape index (κ1) is 28.4. The molecule has 31 heavy (non-hydrogen) atoms. The molecule has 1 rings (SSSR count). The van der Waals surface area contributed by atoms with E-state index in [1.54, 1.807) is 0 Å². The molecule has 0 N–H and O–H groups in total. The summed E-state index contributed by atoms with van der Waals surface area (Å²) in [5.74, 6) is -0.149. The quantitative estimate of drug-likeness (QED) is 0.151. The monoisotopic (exact) mass is 441 g/mol. The summed E-state index contributed by atoms with van der Waals surface area (Å²) in [4.78, 5) is 13.7. The summed E-state index contributed by atoms with van der Waals surface area (Å²) in [6, 6.07) is 0. The second-order valence-corrected chi connectivity index (χ2v) is 9.47. The fourth-order valence-electron chi connectivity index (χ4n) is 4.00. The van der Waals surface area contributed by atoms with E-state index in [-0.39, 0.29) is 18.4 Å². The van der Waals surface area contributed by atoms with Crippen molar-refractivity contribution in [1.82, 2.24) is 4.90 Å². The Kier molecular flexibility index (Phi) is 18.3. The Morgan fingerprint density at radius 1 is 0.839 bits per heavy atom. The summed E-state index contributed by atoms with van der Waals surface area (Å²) < 4.78 is 17.0. The number of esters is 1. The number of carbonyl (C=O) groups is 1. The number of carbonyl (C=O) groups excluding carboxylic acids is 1. The van der Waals surface area contributed by atoms with Crippen LogP contribution in [0.4, 0.5) is 0 Å². The molecule has 0 aromatic rings. The van der Waals surface area contributed by atoms with Gasteiger partial charge >= 0.3 is 5.97 Å². The molecule has 5 nitrogen and oxygen atoms in total. The van der Waals surface area contributed by atoms with E-state index in [9.17, 15) is 4.79 Å². The van der Waals surface area contributed by atoms with Gasteiger partial charge in [0.25, 0.3) is 0 Å². The minimum Gasteiger partial charge on any atom is -0.463 e.